The van der Waals surface area contributed by atoms with Gasteiger partial charge in [0.1, 0.15) is 0 Å². The van der Waals surface area contributed by atoms with Gasteiger partial charge < -0.3 is 5.32 Å². The number of hydrogen-bond acceptors (Lipinski definition) is 3. The molecule has 0 spiro atoms. The largest absolute Gasteiger partial charge is 0.382 e. The van der Waals surface area contributed by atoms with Crippen LogP contribution < -0.4 is 5.32 Å². The molecule has 0 amide bonds. The van der Waals surface area contributed by atoms with Crippen molar-refractivity contribution in [3.8, 4) is 6.07 Å². The molecule has 0 aromatic heterocycles. The van der Waals surface area contributed by atoms with E-state index >= 15 is 0 Å². The van der Waals surface area contributed by atoms with Gasteiger partial charge in [0.05, 0.1) is 11.6 Å². The molecule has 0 heterocycles. The minimum atomic E-state index is 0.603. The van der Waals surface area contributed by atoms with E-state index in [-0.39, 0.29) is 0 Å². The highest BCUT2D eigenvalue weighted by atomic mass is 32.2. The first-order chi connectivity index (χ1) is 8.31. The van der Waals surface area contributed by atoms with Crippen LogP contribution in [-0.2, 0) is 0 Å². The van der Waals surface area contributed by atoms with Gasteiger partial charge in [0.25, 0.3) is 0 Å². The Hall–Kier alpha value is -1.14. The monoisotopic (exact) mass is 246 g/mol. The van der Waals surface area contributed by atoms with Gasteiger partial charge in [0, 0.05) is 17.0 Å². The third kappa shape index (κ3) is 3.41. The SMILES string of the molecule is CSC1CCC(Nc2ccc(C#N)cc2)CC1. The first-order valence-electron chi connectivity index (χ1n) is 6.11. The molecular formula is C14H18N2S. The Balaban J connectivity index is 1.87. The lowest BCUT2D eigenvalue weighted by Gasteiger charge is -2.28. The molecule has 1 aromatic rings. The molecule has 0 bridgehead atoms. The van der Waals surface area contributed by atoms with Crippen molar-refractivity contribution in [1.29, 1.82) is 5.26 Å². The molecule has 1 aliphatic rings. The lowest BCUT2D eigenvalue weighted by Crippen LogP contribution is -2.26. The van der Waals surface area contributed by atoms with Gasteiger partial charge in [-0.15, -0.1) is 0 Å². The average Bonchev–Trinajstić information content (AvgIpc) is 2.40. The second-order valence-electron chi connectivity index (χ2n) is 4.54. The third-order valence-corrected chi connectivity index (χ3v) is 4.53. The molecule has 90 valence electrons. The highest BCUT2D eigenvalue weighted by molar-refractivity contribution is 7.99. The van der Waals surface area contributed by atoms with Crippen molar-refractivity contribution in [3.63, 3.8) is 0 Å². The number of nitrogens with zero attached hydrogens (tertiary/aromatic N) is 1. The summed E-state index contributed by atoms with van der Waals surface area (Å²) in [5, 5.41) is 13.1. The summed E-state index contributed by atoms with van der Waals surface area (Å²) in [7, 11) is 0. The van der Waals surface area contributed by atoms with E-state index in [2.05, 4.69) is 17.6 Å². The molecule has 0 unspecified atom stereocenters. The standard InChI is InChI=1S/C14H18N2S/c1-17-14-8-6-13(7-9-14)16-12-4-2-11(10-15)3-5-12/h2-5,13-14,16H,6-9H2,1H3. The summed E-state index contributed by atoms with van der Waals surface area (Å²) in [6.45, 7) is 0. The zero-order valence-corrected chi connectivity index (χ0v) is 11.0. The van der Waals surface area contributed by atoms with Crippen LogP contribution in [0.3, 0.4) is 0 Å². The number of nitriles is 1. The van der Waals surface area contributed by atoms with Gasteiger partial charge in [0.2, 0.25) is 0 Å². The summed E-state index contributed by atoms with van der Waals surface area (Å²) in [6.07, 6.45) is 7.35. The molecule has 0 radical (unpaired) electrons. The maximum atomic E-state index is 8.73. The second-order valence-corrected chi connectivity index (χ2v) is 5.68. The fourth-order valence-electron chi connectivity index (χ4n) is 2.32. The van der Waals surface area contributed by atoms with E-state index in [1.165, 1.54) is 25.7 Å². The van der Waals surface area contributed by atoms with Gasteiger partial charge in [-0.1, -0.05) is 0 Å². The normalized spacial score (nSPS) is 24.0. The summed E-state index contributed by atoms with van der Waals surface area (Å²) in [5.74, 6) is 0. The van der Waals surface area contributed by atoms with Crippen molar-refractivity contribution in [2.75, 3.05) is 11.6 Å². The summed E-state index contributed by atoms with van der Waals surface area (Å²) in [4.78, 5) is 0. The maximum absolute atomic E-state index is 8.73. The molecule has 0 atom stereocenters. The molecule has 1 aliphatic carbocycles. The maximum Gasteiger partial charge on any atom is 0.0991 e. The highest BCUT2D eigenvalue weighted by Gasteiger charge is 2.19. The van der Waals surface area contributed by atoms with Crippen LogP contribution in [0.5, 0.6) is 0 Å². The quantitative estimate of drug-likeness (QED) is 0.884. The molecule has 2 rings (SSSR count). The molecule has 1 saturated carbocycles. The van der Waals surface area contributed by atoms with E-state index < -0.39 is 0 Å². The minimum Gasteiger partial charge on any atom is -0.382 e. The summed E-state index contributed by atoms with van der Waals surface area (Å²) in [5.41, 5.74) is 1.86. The topological polar surface area (TPSA) is 35.8 Å². The number of anilines is 1. The Kier molecular flexibility index (Phi) is 4.33. The molecule has 17 heavy (non-hydrogen) atoms. The van der Waals surface area contributed by atoms with Gasteiger partial charge in [-0.3, -0.25) is 0 Å². The smallest absolute Gasteiger partial charge is 0.0991 e. The van der Waals surface area contributed by atoms with Crippen molar-refractivity contribution >= 4 is 17.4 Å². The van der Waals surface area contributed by atoms with E-state index in [0.717, 1.165) is 16.5 Å². The minimum absolute atomic E-state index is 0.603. The lowest BCUT2D eigenvalue weighted by molar-refractivity contribution is 0.473. The van der Waals surface area contributed by atoms with Crippen molar-refractivity contribution in [1.82, 2.24) is 0 Å². The molecule has 1 N–H and O–H groups in total. The highest BCUT2D eigenvalue weighted by Crippen LogP contribution is 2.28. The predicted octanol–water partition coefficient (Wildman–Crippen LogP) is 3.64. The number of nitrogens with one attached hydrogen (secondary N) is 1. The van der Waals surface area contributed by atoms with Gasteiger partial charge in [-0.05, 0) is 56.2 Å². The molecule has 1 fully saturated rings. The molecule has 1 aromatic carbocycles. The van der Waals surface area contributed by atoms with Gasteiger partial charge >= 0.3 is 0 Å². The van der Waals surface area contributed by atoms with E-state index in [1.54, 1.807) is 0 Å². The van der Waals surface area contributed by atoms with Crippen LogP contribution in [0.4, 0.5) is 5.69 Å². The first kappa shape index (κ1) is 12.3. The van der Waals surface area contributed by atoms with Crippen molar-refractivity contribution < 1.29 is 0 Å². The van der Waals surface area contributed by atoms with Crippen LogP contribution in [0.2, 0.25) is 0 Å². The zero-order chi connectivity index (χ0) is 12.1. The Morgan fingerprint density at radius 2 is 1.82 bits per heavy atom. The number of hydrogen-bond donors (Lipinski definition) is 1. The van der Waals surface area contributed by atoms with Crippen molar-refractivity contribution in [2.45, 2.75) is 37.0 Å². The van der Waals surface area contributed by atoms with Crippen molar-refractivity contribution in [2.24, 2.45) is 0 Å². The molecule has 3 heteroatoms. The molecule has 0 saturated heterocycles. The van der Waals surface area contributed by atoms with Crippen LogP contribution in [0.25, 0.3) is 0 Å². The summed E-state index contributed by atoms with van der Waals surface area (Å²) in [6, 6.07) is 10.5. The first-order valence-corrected chi connectivity index (χ1v) is 7.40. The molecular weight excluding hydrogens is 228 g/mol. The predicted molar refractivity (Wildman–Crippen MR) is 74.3 cm³/mol. The fourth-order valence-corrected chi connectivity index (χ4v) is 3.06. The third-order valence-electron chi connectivity index (χ3n) is 3.39. The Morgan fingerprint density at radius 1 is 1.18 bits per heavy atom. The van der Waals surface area contributed by atoms with E-state index in [4.69, 9.17) is 5.26 Å². The summed E-state index contributed by atoms with van der Waals surface area (Å²) >= 11 is 2.00. The zero-order valence-electron chi connectivity index (χ0n) is 10.1. The van der Waals surface area contributed by atoms with Crippen LogP contribution in [0, 0.1) is 11.3 Å². The lowest BCUT2D eigenvalue weighted by atomic mass is 9.95. The van der Waals surface area contributed by atoms with Gasteiger partial charge in [-0.25, -0.2) is 0 Å². The van der Waals surface area contributed by atoms with E-state index in [9.17, 15) is 0 Å². The number of benzene rings is 1. The Morgan fingerprint density at radius 3 is 2.35 bits per heavy atom. The second kappa shape index (κ2) is 5.97. The van der Waals surface area contributed by atoms with Gasteiger partial charge in [0.15, 0.2) is 0 Å². The molecule has 2 nitrogen and oxygen atoms in total. The Bertz CT molecular complexity index is 386. The van der Waals surface area contributed by atoms with Crippen LogP contribution in [0.1, 0.15) is 31.2 Å². The van der Waals surface area contributed by atoms with Crippen LogP contribution >= 0.6 is 11.8 Å². The fraction of sp³-hybridized carbons (Fsp3) is 0.500. The van der Waals surface area contributed by atoms with Crippen LogP contribution in [0.15, 0.2) is 24.3 Å². The van der Waals surface area contributed by atoms with Gasteiger partial charge in [-0.2, -0.15) is 17.0 Å². The average molecular weight is 246 g/mol. The molecule has 0 aliphatic heterocycles. The summed E-state index contributed by atoms with van der Waals surface area (Å²) < 4.78 is 0. The van der Waals surface area contributed by atoms with E-state index in [0.29, 0.717) is 6.04 Å². The number of thioether (sulfide) groups is 1. The van der Waals surface area contributed by atoms with E-state index in [1.807, 2.05) is 36.0 Å². The number of rotatable bonds is 3. The Labute approximate surface area is 107 Å². The van der Waals surface area contributed by atoms with Crippen molar-refractivity contribution in [3.05, 3.63) is 29.8 Å². The van der Waals surface area contributed by atoms with Crippen LogP contribution in [-0.4, -0.2) is 17.5 Å².